The lowest BCUT2D eigenvalue weighted by Crippen LogP contribution is -2.31. The molecule has 0 atom stereocenters. The van der Waals surface area contributed by atoms with Crippen molar-refractivity contribution in [2.75, 3.05) is 4.72 Å². The lowest BCUT2D eigenvalue weighted by molar-refractivity contribution is -0.137. The fourth-order valence-electron chi connectivity index (χ4n) is 1.06. The van der Waals surface area contributed by atoms with Gasteiger partial charge in [-0.05, 0) is 12.1 Å². The first-order chi connectivity index (χ1) is 8.75. The molecule has 0 spiro atoms. The van der Waals surface area contributed by atoms with E-state index >= 15 is 0 Å². The maximum absolute atomic E-state index is 12.8. The fourth-order valence-corrected chi connectivity index (χ4v) is 2.42. The number of hydrogen-bond donors (Lipinski definition) is 1. The van der Waals surface area contributed by atoms with Gasteiger partial charge in [0.1, 0.15) is 0 Å². The molecule has 114 valence electrons. The number of hydrogen-bond acceptors (Lipinski definition) is 2. The Hall–Kier alpha value is -0.800. The molecule has 1 aromatic carbocycles. The number of rotatable bonds is 3. The summed E-state index contributed by atoms with van der Waals surface area (Å²) >= 11 is 10.9. The lowest BCUT2D eigenvalue weighted by Gasteiger charge is -2.17. The highest BCUT2D eigenvalue weighted by Gasteiger charge is 2.40. The van der Waals surface area contributed by atoms with Crippen LogP contribution < -0.4 is 4.72 Å². The first-order valence-electron chi connectivity index (χ1n) is 4.72. The van der Waals surface area contributed by atoms with Crippen LogP contribution >= 0.6 is 23.2 Å². The highest BCUT2D eigenvalue weighted by molar-refractivity contribution is 7.93. The quantitative estimate of drug-likeness (QED) is 0.816. The second-order valence-electron chi connectivity index (χ2n) is 3.73. The van der Waals surface area contributed by atoms with Crippen LogP contribution in [-0.2, 0) is 16.2 Å². The Morgan fingerprint density at radius 3 is 1.75 bits per heavy atom. The highest BCUT2D eigenvalue weighted by Crippen LogP contribution is 2.39. The van der Waals surface area contributed by atoms with Crippen LogP contribution in [0.3, 0.4) is 0 Å². The monoisotopic (exact) mass is 357 g/mol. The van der Waals surface area contributed by atoms with Gasteiger partial charge in [-0.2, -0.15) is 22.0 Å². The fraction of sp³-hybridized carbons (Fsp3) is 0.333. The maximum atomic E-state index is 12.8. The Labute approximate surface area is 120 Å². The van der Waals surface area contributed by atoms with Gasteiger partial charge < -0.3 is 0 Å². The van der Waals surface area contributed by atoms with Crippen LogP contribution in [0.4, 0.5) is 27.6 Å². The minimum Gasteiger partial charge on any atom is -0.276 e. The van der Waals surface area contributed by atoms with Crippen LogP contribution in [0.15, 0.2) is 12.1 Å². The van der Waals surface area contributed by atoms with Gasteiger partial charge in [0.25, 0.3) is 10.0 Å². The second kappa shape index (κ2) is 5.19. The van der Waals surface area contributed by atoms with E-state index in [2.05, 4.69) is 0 Å². The van der Waals surface area contributed by atoms with Crippen LogP contribution in [0.1, 0.15) is 12.5 Å². The van der Waals surface area contributed by atoms with Crippen LogP contribution in [0.2, 0.25) is 10.0 Å². The first kappa shape index (κ1) is 17.3. The molecule has 0 fully saturated rings. The molecule has 0 amide bonds. The molecule has 1 rings (SSSR count). The third kappa shape index (κ3) is 3.64. The van der Waals surface area contributed by atoms with E-state index in [0.29, 0.717) is 12.1 Å². The Balaban J connectivity index is 3.31. The summed E-state index contributed by atoms with van der Waals surface area (Å²) in [5, 5.41) is -5.67. The Morgan fingerprint density at radius 1 is 1.05 bits per heavy atom. The van der Waals surface area contributed by atoms with E-state index in [1.165, 1.54) is 4.72 Å². The summed E-state index contributed by atoms with van der Waals surface area (Å²) in [5.41, 5.74) is -1.98. The summed E-state index contributed by atoms with van der Waals surface area (Å²) in [4.78, 5) is 0. The Kier molecular flexibility index (Phi) is 4.48. The SMILES string of the molecule is CC(F)(F)S(=O)(=O)Nc1c(Cl)cc(C(F)(F)F)cc1Cl. The molecule has 11 heteroatoms. The van der Waals surface area contributed by atoms with E-state index < -0.39 is 42.8 Å². The number of sulfonamides is 1. The molecule has 3 nitrogen and oxygen atoms in total. The molecule has 0 heterocycles. The summed E-state index contributed by atoms with van der Waals surface area (Å²) in [7, 11) is -5.18. The van der Waals surface area contributed by atoms with Gasteiger partial charge >= 0.3 is 11.4 Å². The number of alkyl halides is 5. The van der Waals surface area contributed by atoms with E-state index in [1.54, 1.807) is 0 Å². The van der Waals surface area contributed by atoms with E-state index in [1.807, 2.05) is 0 Å². The first-order valence-corrected chi connectivity index (χ1v) is 6.96. The van der Waals surface area contributed by atoms with Gasteiger partial charge in [0, 0.05) is 6.92 Å². The second-order valence-corrected chi connectivity index (χ2v) is 6.47. The van der Waals surface area contributed by atoms with Crippen molar-refractivity contribution >= 4 is 38.9 Å². The van der Waals surface area contributed by atoms with E-state index in [0.717, 1.165) is 0 Å². The van der Waals surface area contributed by atoms with Gasteiger partial charge in [0.2, 0.25) is 0 Å². The van der Waals surface area contributed by atoms with Crippen molar-refractivity contribution in [3.63, 3.8) is 0 Å². The van der Waals surface area contributed by atoms with E-state index in [9.17, 15) is 30.4 Å². The summed E-state index contributed by atoms with van der Waals surface area (Å²) in [5.74, 6) is 0. The number of benzene rings is 1. The lowest BCUT2D eigenvalue weighted by atomic mass is 10.2. The summed E-state index contributed by atoms with van der Waals surface area (Å²) in [6.45, 7) is 0.0984. The molecule has 0 aromatic heterocycles. The van der Waals surface area contributed by atoms with Crippen molar-refractivity contribution in [1.82, 2.24) is 0 Å². The third-order valence-corrected chi connectivity index (χ3v) is 4.09. The Bertz CT molecular complexity index is 601. The summed E-state index contributed by atoms with van der Waals surface area (Å²) in [6.07, 6.45) is -4.76. The molecule has 0 radical (unpaired) electrons. The van der Waals surface area contributed by atoms with Crippen molar-refractivity contribution in [1.29, 1.82) is 0 Å². The molecule has 0 aliphatic heterocycles. The van der Waals surface area contributed by atoms with E-state index in [-0.39, 0.29) is 6.92 Å². The largest absolute Gasteiger partial charge is 0.416 e. The topological polar surface area (TPSA) is 46.2 Å². The molecule has 0 bridgehead atoms. The summed E-state index contributed by atoms with van der Waals surface area (Å²) in [6, 6.07) is 0.748. The van der Waals surface area contributed by atoms with Crippen molar-refractivity contribution in [3.05, 3.63) is 27.7 Å². The van der Waals surface area contributed by atoms with Crippen LogP contribution in [0, 0.1) is 0 Å². The van der Waals surface area contributed by atoms with Crippen molar-refractivity contribution < 1.29 is 30.4 Å². The predicted octanol–water partition coefficient (Wildman–Crippen LogP) is 4.37. The number of anilines is 1. The molecule has 20 heavy (non-hydrogen) atoms. The molecule has 0 aliphatic rings. The van der Waals surface area contributed by atoms with Gasteiger partial charge in [-0.3, -0.25) is 4.72 Å². The minimum absolute atomic E-state index is 0.0984. The van der Waals surface area contributed by atoms with Gasteiger partial charge in [-0.15, -0.1) is 0 Å². The zero-order valence-corrected chi connectivity index (χ0v) is 11.9. The zero-order chi connectivity index (χ0) is 15.9. The summed E-state index contributed by atoms with van der Waals surface area (Å²) < 4.78 is 86.7. The van der Waals surface area contributed by atoms with Gasteiger partial charge in [-0.25, -0.2) is 8.42 Å². The number of nitrogens with one attached hydrogen (secondary N) is 1. The van der Waals surface area contributed by atoms with E-state index in [4.69, 9.17) is 23.2 Å². The van der Waals surface area contributed by atoms with Crippen molar-refractivity contribution in [2.45, 2.75) is 18.4 Å². The van der Waals surface area contributed by atoms with Gasteiger partial charge in [-0.1, -0.05) is 23.2 Å². The standard InChI is InChI=1S/C9H6Cl2F5NO2S/c1-8(12,13)20(18,19)17-7-5(10)2-4(3-6(7)11)9(14,15)16/h2-3,17H,1H3. The third-order valence-electron chi connectivity index (χ3n) is 2.08. The van der Waals surface area contributed by atoms with Crippen molar-refractivity contribution in [2.24, 2.45) is 0 Å². The smallest absolute Gasteiger partial charge is 0.276 e. The normalized spacial score (nSPS) is 13.4. The average Bonchev–Trinajstić information content (AvgIpc) is 2.20. The molecule has 0 saturated heterocycles. The van der Waals surface area contributed by atoms with Crippen molar-refractivity contribution in [3.8, 4) is 0 Å². The molecule has 1 N–H and O–H groups in total. The Morgan fingerprint density at radius 2 is 1.45 bits per heavy atom. The molecule has 1 aromatic rings. The molecular weight excluding hydrogens is 352 g/mol. The predicted molar refractivity (Wildman–Crippen MR) is 64.6 cm³/mol. The average molecular weight is 358 g/mol. The van der Waals surface area contributed by atoms with Crippen LogP contribution in [0.25, 0.3) is 0 Å². The van der Waals surface area contributed by atoms with Crippen LogP contribution in [-0.4, -0.2) is 13.7 Å². The number of halogens is 7. The highest BCUT2D eigenvalue weighted by atomic mass is 35.5. The molecule has 0 aliphatic carbocycles. The maximum Gasteiger partial charge on any atom is 0.416 e. The van der Waals surface area contributed by atoms with Crippen LogP contribution in [0.5, 0.6) is 0 Å². The molecular formula is C9H6Cl2F5NO2S. The minimum atomic E-state index is -5.18. The molecule has 0 saturated carbocycles. The van der Waals surface area contributed by atoms with Gasteiger partial charge in [0.05, 0.1) is 21.3 Å². The molecule has 0 unspecified atom stereocenters. The zero-order valence-electron chi connectivity index (χ0n) is 9.53. The van der Waals surface area contributed by atoms with Gasteiger partial charge in [0.15, 0.2) is 0 Å².